The van der Waals surface area contributed by atoms with Crippen LogP contribution in [-0.4, -0.2) is 15.9 Å². The molecule has 0 radical (unpaired) electrons. The van der Waals surface area contributed by atoms with Crippen LogP contribution in [-0.2, 0) is 6.54 Å². The van der Waals surface area contributed by atoms with Gasteiger partial charge in [0.2, 0.25) is 0 Å². The lowest BCUT2D eigenvalue weighted by Gasteiger charge is -2.02. The van der Waals surface area contributed by atoms with E-state index in [0.717, 1.165) is 16.0 Å². The summed E-state index contributed by atoms with van der Waals surface area (Å²) >= 11 is 1.47. The van der Waals surface area contributed by atoms with Crippen LogP contribution in [0.4, 0.5) is 0 Å². The Morgan fingerprint density at radius 1 is 1.05 bits per heavy atom. The predicted octanol–water partition coefficient (Wildman–Crippen LogP) is 3.14. The quantitative estimate of drug-likeness (QED) is 0.804. The third-order valence-corrected chi connectivity index (χ3v) is 4.10. The van der Waals surface area contributed by atoms with Gasteiger partial charge >= 0.3 is 0 Å². The number of carbonyl (C=O) groups is 1. The molecule has 0 bridgehead atoms. The van der Waals surface area contributed by atoms with Crippen LogP contribution in [0.2, 0.25) is 0 Å². The highest BCUT2D eigenvalue weighted by Crippen LogP contribution is 2.27. The van der Waals surface area contributed by atoms with Gasteiger partial charge in [0.25, 0.3) is 5.91 Å². The summed E-state index contributed by atoms with van der Waals surface area (Å²) in [5.74, 6) is -0.0656. The van der Waals surface area contributed by atoms with Crippen molar-refractivity contribution < 1.29 is 4.79 Å². The first-order valence-electron chi connectivity index (χ1n) is 6.50. The van der Waals surface area contributed by atoms with Gasteiger partial charge in [-0.1, -0.05) is 6.07 Å². The Morgan fingerprint density at radius 3 is 2.67 bits per heavy atom. The molecule has 0 saturated carbocycles. The highest BCUT2D eigenvalue weighted by atomic mass is 32.1. The van der Waals surface area contributed by atoms with Crippen molar-refractivity contribution in [2.75, 3.05) is 0 Å². The van der Waals surface area contributed by atoms with Crippen molar-refractivity contribution in [3.63, 3.8) is 0 Å². The van der Waals surface area contributed by atoms with E-state index in [9.17, 15) is 4.79 Å². The molecule has 0 fully saturated rings. The summed E-state index contributed by atoms with van der Waals surface area (Å²) in [5, 5.41) is 2.90. The fourth-order valence-electron chi connectivity index (χ4n) is 1.90. The van der Waals surface area contributed by atoms with Crippen molar-refractivity contribution >= 4 is 17.2 Å². The zero-order valence-corrected chi connectivity index (χ0v) is 12.0. The number of amides is 1. The largest absolute Gasteiger partial charge is 0.347 e. The molecule has 5 heteroatoms. The number of nitrogens with one attached hydrogen (secondary N) is 1. The van der Waals surface area contributed by atoms with E-state index in [0.29, 0.717) is 11.4 Å². The molecule has 0 unspecified atom stereocenters. The number of rotatable bonds is 4. The van der Waals surface area contributed by atoms with E-state index in [1.165, 1.54) is 11.3 Å². The molecule has 3 aromatic heterocycles. The van der Waals surface area contributed by atoms with E-state index in [2.05, 4.69) is 15.3 Å². The Bertz CT molecular complexity index is 726. The van der Waals surface area contributed by atoms with Gasteiger partial charge in [-0.05, 0) is 41.5 Å². The molecule has 0 aliphatic heterocycles. The lowest BCUT2D eigenvalue weighted by Crippen LogP contribution is -2.21. The fraction of sp³-hybridized carbons (Fsp3) is 0.0625. The Morgan fingerprint density at radius 2 is 1.90 bits per heavy atom. The lowest BCUT2D eigenvalue weighted by molar-refractivity contribution is 0.0955. The molecule has 3 heterocycles. The van der Waals surface area contributed by atoms with Crippen molar-refractivity contribution in [3.05, 3.63) is 71.6 Å². The van der Waals surface area contributed by atoms with Crippen molar-refractivity contribution in [2.45, 2.75) is 6.54 Å². The van der Waals surface area contributed by atoms with Crippen molar-refractivity contribution in [3.8, 4) is 10.4 Å². The maximum atomic E-state index is 12.1. The summed E-state index contributed by atoms with van der Waals surface area (Å²) in [4.78, 5) is 21.9. The minimum atomic E-state index is -0.0656. The first kappa shape index (κ1) is 13.5. The summed E-state index contributed by atoms with van der Waals surface area (Å²) in [6.07, 6.45) is 6.96. The molecule has 0 aromatic carbocycles. The van der Waals surface area contributed by atoms with Crippen LogP contribution in [0.5, 0.6) is 0 Å². The molecule has 104 valence electrons. The number of pyridine rings is 2. The van der Waals surface area contributed by atoms with Crippen LogP contribution >= 0.6 is 11.3 Å². The summed E-state index contributed by atoms with van der Waals surface area (Å²) in [7, 11) is 0. The van der Waals surface area contributed by atoms with Crippen molar-refractivity contribution in [1.82, 2.24) is 15.3 Å². The van der Waals surface area contributed by atoms with Gasteiger partial charge in [0.1, 0.15) is 0 Å². The smallest absolute Gasteiger partial charge is 0.261 e. The van der Waals surface area contributed by atoms with E-state index >= 15 is 0 Å². The zero-order valence-electron chi connectivity index (χ0n) is 11.2. The number of aromatic nitrogens is 2. The first-order valence-corrected chi connectivity index (χ1v) is 7.32. The van der Waals surface area contributed by atoms with Crippen LogP contribution in [0.25, 0.3) is 10.4 Å². The van der Waals surface area contributed by atoms with Crippen molar-refractivity contribution in [1.29, 1.82) is 0 Å². The molecular formula is C16H13N3OS. The first-order chi connectivity index (χ1) is 10.3. The van der Waals surface area contributed by atoms with Crippen LogP contribution < -0.4 is 5.32 Å². The molecule has 0 aliphatic carbocycles. The third-order valence-electron chi connectivity index (χ3n) is 2.97. The molecule has 1 N–H and O–H groups in total. The SMILES string of the molecule is O=C(NCc1cccnc1)c1ccc(-c2ccncc2)s1. The van der Waals surface area contributed by atoms with E-state index in [1.807, 2.05) is 36.4 Å². The van der Waals surface area contributed by atoms with Gasteiger partial charge in [-0.15, -0.1) is 11.3 Å². The maximum absolute atomic E-state index is 12.1. The summed E-state index contributed by atoms with van der Waals surface area (Å²) < 4.78 is 0. The molecule has 1 amide bonds. The monoisotopic (exact) mass is 295 g/mol. The highest BCUT2D eigenvalue weighted by Gasteiger charge is 2.09. The van der Waals surface area contributed by atoms with Gasteiger partial charge in [0.15, 0.2) is 0 Å². The second kappa shape index (κ2) is 6.28. The minimum absolute atomic E-state index is 0.0656. The second-order valence-electron chi connectivity index (χ2n) is 4.44. The number of carbonyl (C=O) groups excluding carboxylic acids is 1. The average molecular weight is 295 g/mol. The summed E-state index contributed by atoms with van der Waals surface area (Å²) in [6.45, 7) is 0.481. The lowest BCUT2D eigenvalue weighted by atomic mass is 10.2. The van der Waals surface area contributed by atoms with Gasteiger partial charge in [-0.2, -0.15) is 0 Å². The molecule has 21 heavy (non-hydrogen) atoms. The van der Waals surface area contributed by atoms with Crippen LogP contribution in [0.15, 0.2) is 61.2 Å². The highest BCUT2D eigenvalue weighted by molar-refractivity contribution is 7.17. The van der Waals surface area contributed by atoms with Gasteiger partial charge in [-0.25, -0.2) is 0 Å². The fourth-order valence-corrected chi connectivity index (χ4v) is 2.83. The molecule has 0 saturated heterocycles. The van der Waals surface area contributed by atoms with Crippen molar-refractivity contribution in [2.24, 2.45) is 0 Å². The van der Waals surface area contributed by atoms with Gasteiger partial charge < -0.3 is 5.32 Å². The maximum Gasteiger partial charge on any atom is 0.261 e. The Labute approximate surface area is 126 Å². The van der Waals surface area contributed by atoms with Gasteiger partial charge in [0, 0.05) is 36.2 Å². The van der Waals surface area contributed by atoms with Crippen LogP contribution in [0, 0.1) is 0 Å². The van der Waals surface area contributed by atoms with E-state index in [-0.39, 0.29) is 5.91 Å². The van der Waals surface area contributed by atoms with Crippen LogP contribution in [0.3, 0.4) is 0 Å². The Hall–Kier alpha value is -2.53. The topological polar surface area (TPSA) is 54.9 Å². The van der Waals surface area contributed by atoms with E-state index in [1.54, 1.807) is 24.8 Å². The Balaban J connectivity index is 1.67. The van der Waals surface area contributed by atoms with Gasteiger partial charge in [-0.3, -0.25) is 14.8 Å². The third kappa shape index (κ3) is 3.32. The molecule has 4 nitrogen and oxygen atoms in total. The second-order valence-corrected chi connectivity index (χ2v) is 5.53. The summed E-state index contributed by atoms with van der Waals surface area (Å²) in [5.41, 5.74) is 2.05. The minimum Gasteiger partial charge on any atom is -0.347 e. The molecule has 3 aromatic rings. The number of nitrogens with zero attached hydrogens (tertiary/aromatic N) is 2. The van der Waals surface area contributed by atoms with E-state index in [4.69, 9.17) is 0 Å². The van der Waals surface area contributed by atoms with Crippen LogP contribution in [0.1, 0.15) is 15.2 Å². The molecule has 0 atom stereocenters. The molecule has 0 aliphatic rings. The predicted molar refractivity (Wildman–Crippen MR) is 83.0 cm³/mol. The number of hydrogen-bond acceptors (Lipinski definition) is 4. The van der Waals surface area contributed by atoms with Gasteiger partial charge in [0.05, 0.1) is 4.88 Å². The zero-order chi connectivity index (χ0) is 14.5. The number of thiophene rings is 1. The van der Waals surface area contributed by atoms with E-state index < -0.39 is 0 Å². The average Bonchev–Trinajstić information content (AvgIpc) is 3.04. The normalized spacial score (nSPS) is 10.3. The molecule has 3 rings (SSSR count). The Kier molecular flexibility index (Phi) is 4.02. The molecular weight excluding hydrogens is 282 g/mol. The number of hydrogen-bond donors (Lipinski definition) is 1. The standard InChI is InChI=1S/C16H13N3OS/c20-16(19-11-12-2-1-7-18-10-12)15-4-3-14(21-15)13-5-8-17-9-6-13/h1-10H,11H2,(H,19,20). The molecule has 0 spiro atoms. The summed E-state index contributed by atoms with van der Waals surface area (Å²) in [6, 6.07) is 11.5.